The van der Waals surface area contributed by atoms with Gasteiger partial charge in [-0.1, -0.05) is 37.3 Å². The van der Waals surface area contributed by atoms with Gasteiger partial charge in [-0.15, -0.1) is 0 Å². The highest BCUT2D eigenvalue weighted by Crippen LogP contribution is 2.46. The Balaban J connectivity index is 1.53. The summed E-state index contributed by atoms with van der Waals surface area (Å²) in [6, 6.07) is 15.2. The number of Topliss-reactive ketones (excluding diaryl/α,β-unsaturated/α-hetero) is 1. The number of carbonyl (C=O) groups excluding carboxylic acids is 2. The van der Waals surface area contributed by atoms with Gasteiger partial charge >= 0.3 is 5.91 Å². The molecular weight excluding hydrogens is 592 g/mol. The van der Waals surface area contributed by atoms with Crippen LogP contribution in [0.1, 0.15) is 50.2 Å². The highest BCUT2D eigenvalue weighted by Gasteiger charge is 2.49. The third kappa shape index (κ3) is 5.48. The predicted octanol–water partition coefficient (Wildman–Crippen LogP) is 6.71. The van der Waals surface area contributed by atoms with Crippen LogP contribution in [0.3, 0.4) is 0 Å². The maximum absolute atomic E-state index is 13.9. The number of aryl methyl sites for hydroxylation is 1. The number of nitrogens with zero attached hydrogens (tertiary/aromatic N) is 4. The summed E-state index contributed by atoms with van der Waals surface area (Å²) in [7, 11) is 1.54. The zero-order valence-electron chi connectivity index (χ0n) is 25.7. The maximum atomic E-state index is 13.9. The molecule has 1 N–H and O–H groups in total. The van der Waals surface area contributed by atoms with Gasteiger partial charge in [0.25, 0.3) is 5.78 Å². The molecule has 0 radical (unpaired) electrons. The first kappa shape index (κ1) is 30.1. The van der Waals surface area contributed by atoms with E-state index in [1.54, 1.807) is 41.8 Å². The zero-order chi connectivity index (χ0) is 31.8. The number of methoxy groups -OCH3 is 1. The number of thiazole rings is 1. The van der Waals surface area contributed by atoms with E-state index < -0.39 is 17.7 Å². The quantitative estimate of drug-likeness (QED) is 0.103. The van der Waals surface area contributed by atoms with Crippen LogP contribution in [0.25, 0.3) is 21.6 Å². The molecule has 232 valence electrons. The molecule has 1 aliphatic heterocycles. The number of anilines is 1. The van der Waals surface area contributed by atoms with Crippen LogP contribution in [0.4, 0.5) is 5.13 Å². The normalized spacial score (nSPS) is 16.3. The lowest BCUT2D eigenvalue weighted by Gasteiger charge is -2.24. The van der Waals surface area contributed by atoms with Gasteiger partial charge in [0.2, 0.25) is 0 Å². The lowest BCUT2D eigenvalue weighted by atomic mass is 9.96. The monoisotopic (exact) mass is 626 g/mol. The van der Waals surface area contributed by atoms with E-state index in [4.69, 9.17) is 19.2 Å². The summed E-state index contributed by atoms with van der Waals surface area (Å²) in [6.45, 7) is 8.92. The van der Waals surface area contributed by atoms with Crippen molar-refractivity contribution < 1.29 is 28.9 Å². The zero-order valence-corrected chi connectivity index (χ0v) is 26.6. The number of hydrogen-bond donors (Lipinski definition) is 1. The molecule has 11 heteroatoms. The first-order chi connectivity index (χ1) is 21.7. The molecule has 2 aromatic carbocycles. The van der Waals surface area contributed by atoms with Gasteiger partial charge in [0.1, 0.15) is 17.1 Å². The summed E-state index contributed by atoms with van der Waals surface area (Å²) < 4.78 is 19.9. The molecule has 4 heterocycles. The number of ether oxygens (including phenoxy) is 3. The third-order valence-electron chi connectivity index (χ3n) is 7.69. The number of benzene rings is 2. The number of amides is 1. The molecule has 0 spiro atoms. The van der Waals surface area contributed by atoms with Crippen LogP contribution in [-0.4, -0.2) is 51.5 Å². The summed E-state index contributed by atoms with van der Waals surface area (Å²) in [6.07, 6.45) is 2.62. The summed E-state index contributed by atoms with van der Waals surface area (Å²) in [5.41, 5.74) is 2.58. The lowest BCUT2D eigenvalue weighted by molar-refractivity contribution is -0.132. The van der Waals surface area contributed by atoms with Crippen molar-refractivity contribution in [1.82, 2.24) is 14.4 Å². The molecule has 0 saturated carbocycles. The lowest BCUT2D eigenvalue weighted by Crippen LogP contribution is -2.29. The van der Waals surface area contributed by atoms with Crippen molar-refractivity contribution in [3.05, 3.63) is 83.3 Å². The summed E-state index contributed by atoms with van der Waals surface area (Å²) >= 11 is 1.27. The van der Waals surface area contributed by atoms with Gasteiger partial charge in [-0.3, -0.25) is 18.9 Å². The Morgan fingerprint density at radius 2 is 1.87 bits per heavy atom. The SMILES string of the molecule is CCOc1ccc2nc(N3C(=O)C(=O)/C(=C(/O)c4c(C)nc5ccccn45)C3c3ccc(OCCC(C)C)c(OC)c3)sc2c1. The molecule has 1 unspecified atom stereocenters. The molecule has 1 saturated heterocycles. The Labute approximate surface area is 264 Å². The van der Waals surface area contributed by atoms with Crippen molar-refractivity contribution in [2.24, 2.45) is 5.92 Å². The Morgan fingerprint density at radius 1 is 1.04 bits per heavy atom. The number of rotatable bonds is 10. The molecule has 1 fully saturated rings. The van der Waals surface area contributed by atoms with Crippen molar-refractivity contribution in [3.63, 3.8) is 0 Å². The molecule has 3 aromatic heterocycles. The predicted molar refractivity (Wildman–Crippen MR) is 173 cm³/mol. The second-order valence-corrected chi connectivity index (χ2v) is 12.2. The minimum atomic E-state index is -1.01. The van der Waals surface area contributed by atoms with E-state index in [0.717, 1.165) is 11.1 Å². The number of hydrogen-bond acceptors (Lipinski definition) is 9. The van der Waals surface area contributed by atoms with Gasteiger partial charge in [0.05, 0.1) is 47.8 Å². The van der Waals surface area contributed by atoms with Crippen LogP contribution in [0.5, 0.6) is 17.2 Å². The van der Waals surface area contributed by atoms with Gasteiger partial charge in [-0.2, -0.15) is 0 Å². The van der Waals surface area contributed by atoms with Gasteiger partial charge in [-0.05, 0) is 74.2 Å². The molecular formula is C34H34N4O6S. The fourth-order valence-electron chi connectivity index (χ4n) is 5.50. The summed E-state index contributed by atoms with van der Waals surface area (Å²) in [5.74, 6) is 0.184. The van der Waals surface area contributed by atoms with E-state index in [1.165, 1.54) is 23.3 Å². The minimum absolute atomic E-state index is 0.0708. The van der Waals surface area contributed by atoms with Crippen molar-refractivity contribution in [1.29, 1.82) is 0 Å². The maximum Gasteiger partial charge on any atom is 0.301 e. The molecule has 0 bridgehead atoms. The molecule has 5 aromatic rings. The molecule has 6 rings (SSSR count). The van der Waals surface area contributed by atoms with E-state index in [2.05, 4.69) is 18.8 Å². The van der Waals surface area contributed by atoms with Crippen molar-refractivity contribution in [3.8, 4) is 17.2 Å². The number of ketones is 1. The highest BCUT2D eigenvalue weighted by atomic mass is 32.1. The smallest absolute Gasteiger partial charge is 0.301 e. The van der Waals surface area contributed by atoms with Crippen molar-refractivity contribution in [2.75, 3.05) is 25.2 Å². The number of aliphatic hydroxyl groups excluding tert-OH is 1. The van der Waals surface area contributed by atoms with Gasteiger partial charge in [0.15, 0.2) is 22.4 Å². The first-order valence-electron chi connectivity index (χ1n) is 14.8. The number of aliphatic hydroxyl groups is 1. The second kappa shape index (κ2) is 12.2. The Kier molecular flexibility index (Phi) is 8.20. The average Bonchev–Trinajstić information content (AvgIpc) is 3.67. The molecule has 10 nitrogen and oxygen atoms in total. The second-order valence-electron chi connectivity index (χ2n) is 11.1. The molecule has 1 amide bonds. The highest BCUT2D eigenvalue weighted by molar-refractivity contribution is 7.22. The summed E-state index contributed by atoms with van der Waals surface area (Å²) in [4.78, 5) is 38.4. The van der Waals surface area contributed by atoms with E-state index in [9.17, 15) is 14.7 Å². The molecule has 45 heavy (non-hydrogen) atoms. The largest absolute Gasteiger partial charge is 0.505 e. The summed E-state index contributed by atoms with van der Waals surface area (Å²) in [5, 5.41) is 12.2. The average molecular weight is 627 g/mol. The van der Waals surface area contributed by atoms with Gasteiger partial charge in [-0.25, -0.2) is 9.97 Å². The first-order valence-corrected chi connectivity index (χ1v) is 15.6. The van der Waals surface area contributed by atoms with Crippen LogP contribution in [0, 0.1) is 12.8 Å². The number of pyridine rings is 1. The van der Waals surface area contributed by atoms with Gasteiger partial charge < -0.3 is 19.3 Å². The molecule has 1 aliphatic rings. The molecule has 0 aliphatic carbocycles. The van der Waals surface area contributed by atoms with E-state index in [-0.39, 0.29) is 11.3 Å². The van der Waals surface area contributed by atoms with Crippen LogP contribution in [0.15, 0.2) is 66.4 Å². The van der Waals surface area contributed by atoms with E-state index >= 15 is 0 Å². The molecule has 1 atom stereocenters. The van der Waals surface area contributed by atoms with E-state index in [0.29, 0.717) is 69.6 Å². The number of aromatic nitrogens is 3. The number of carbonyl (C=O) groups is 2. The minimum Gasteiger partial charge on any atom is -0.505 e. The Bertz CT molecular complexity index is 1960. The van der Waals surface area contributed by atoms with Gasteiger partial charge in [0, 0.05) is 6.20 Å². The number of imidazole rings is 1. The standard InChI is InChI=1S/C34H34N4O6S/c1-6-43-22-11-12-23-26(18-22)45-34(36-23)38-30(21-10-13-24(25(17-21)42-5)44-16-14-19(2)3)28(32(40)33(38)41)31(39)29-20(4)35-27-9-7-8-15-37(27)29/h7-13,15,17-19,30,39H,6,14,16H2,1-5H3/b31-28+. The van der Waals surface area contributed by atoms with E-state index in [1.807, 2.05) is 37.3 Å². The number of fused-ring (bicyclic) bond motifs is 2. The fourth-order valence-corrected chi connectivity index (χ4v) is 6.52. The van der Waals surface area contributed by atoms with Crippen LogP contribution in [0.2, 0.25) is 0 Å². The van der Waals surface area contributed by atoms with Crippen molar-refractivity contribution in [2.45, 2.75) is 40.2 Å². The van der Waals surface area contributed by atoms with Crippen molar-refractivity contribution >= 4 is 49.8 Å². The van der Waals surface area contributed by atoms with Crippen LogP contribution < -0.4 is 19.1 Å². The Hall–Kier alpha value is -4.90. The van der Waals surface area contributed by atoms with Crippen LogP contribution in [-0.2, 0) is 9.59 Å². The Morgan fingerprint density at radius 3 is 2.62 bits per heavy atom. The topological polar surface area (TPSA) is 115 Å². The fraction of sp³-hybridized carbons (Fsp3) is 0.294. The third-order valence-corrected chi connectivity index (χ3v) is 8.71. The van der Waals surface area contributed by atoms with Crippen LogP contribution >= 0.6 is 11.3 Å².